The zero-order valence-corrected chi connectivity index (χ0v) is 16.0. The number of benzene rings is 1. The van der Waals surface area contributed by atoms with Gasteiger partial charge in [-0.2, -0.15) is 0 Å². The molecular weight excluding hydrogens is 356 g/mol. The van der Waals surface area contributed by atoms with E-state index in [1.165, 1.54) is 0 Å². The van der Waals surface area contributed by atoms with Crippen LogP contribution in [0.3, 0.4) is 0 Å². The number of carbonyl (C=O) groups excluding carboxylic acids is 1. The molecule has 1 amide bonds. The van der Waals surface area contributed by atoms with E-state index in [0.29, 0.717) is 30.0 Å². The highest BCUT2D eigenvalue weighted by Gasteiger charge is 2.37. The molecule has 7 heteroatoms. The van der Waals surface area contributed by atoms with Gasteiger partial charge in [0, 0.05) is 44.2 Å². The molecule has 0 spiro atoms. The quantitative estimate of drug-likeness (QED) is 0.860. The molecule has 2 aliphatic heterocycles. The summed E-state index contributed by atoms with van der Waals surface area (Å²) in [5.41, 5.74) is -1.06. The summed E-state index contributed by atoms with van der Waals surface area (Å²) in [6.45, 7) is 5.47. The molecule has 2 saturated heterocycles. The number of halogens is 1. The number of amides is 1. The van der Waals surface area contributed by atoms with Gasteiger partial charge in [-0.15, -0.1) is 0 Å². The molecular formula is C19H27ClN2O4. The van der Waals surface area contributed by atoms with Gasteiger partial charge >= 0.3 is 0 Å². The van der Waals surface area contributed by atoms with Crippen molar-refractivity contribution in [2.24, 2.45) is 0 Å². The Hall–Kier alpha value is -1.34. The highest BCUT2D eigenvalue weighted by atomic mass is 35.5. The molecule has 1 atom stereocenters. The van der Waals surface area contributed by atoms with Crippen LogP contribution in [0.4, 0.5) is 0 Å². The molecule has 0 aliphatic carbocycles. The lowest BCUT2D eigenvalue weighted by Crippen LogP contribution is -2.53. The highest BCUT2D eigenvalue weighted by molar-refractivity contribution is 6.30. The summed E-state index contributed by atoms with van der Waals surface area (Å²) >= 11 is 5.89. The molecule has 0 bridgehead atoms. The number of rotatable bonds is 4. The standard InChI is InChI=1S/C19H27ClN2O4/c1-15(23)21-8-6-17(7-9-21)22-10-11-25-13-19(24,12-22)14-26-18-4-2-16(20)3-5-18/h2-5,17,24H,6-14H2,1H3/t19-/m0/s1. The van der Waals surface area contributed by atoms with Gasteiger partial charge in [-0.3, -0.25) is 9.69 Å². The molecule has 1 N–H and O–H groups in total. The minimum absolute atomic E-state index is 0.135. The molecule has 6 nitrogen and oxygen atoms in total. The topological polar surface area (TPSA) is 62.2 Å². The molecule has 1 aromatic rings. The average Bonchev–Trinajstić information content (AvgIpc) is 2.84. The largest absolute Gasteiger partial charge is 0.490 e. The summed E-state index contributed by atoms with van der Waals surface area (Å²) in [6, 6.07) is 7.46. The molecule has 0 unspecified atom stereocenters. The predicted molar refractivity (Wildman–Crippen MR) is 99.6 cm³/mol. The summed E-state index contributed by atoms with van der Waals surface area (Å²) in [4.78, 5) is 15.7. The summed E-state index contributed by atoms with van der Waals surface area (Å²) in [6.07, 6.45) is 1.85. The first-order valence-corrected chi connectivity index (χ1v) is 9.51. The molecule has 0 aromatic heterocycles. The lowest BCUT2D eigenvalue weighted by Gasteiger charge is -2.40. The molecule has 144 valence electrons. The number of hydrogen-bond donors (Lipinski definition) is 1. The van der Waals surface area contributed by atoms with Gasteiger partial charge in [0.25, 0.3) is 0 Å². The smallest absolute Gasteiger partial charge is 0.219 e. The van der Waals surface area contributed by atoms with Crippen molar-refractivity contribution in [2.45, 2.75) is 31.4 Å². The highest BCUT2D eigenvalue weighted by Crippen LogP contribution is 2.23. The van der Waals surface area contributed by atoms with Crippen molar-refractivity contribution in [3.8, 4) is 5.75 Å². The first-order valence-electron chi connectivity index (χ1n) is 9.13. The number of piperidine rings is 1. The Morgan fingerprint density at radius 3 is 2.65 bits per heavy atom. The zero-order valence-electron chi connectivity index (χ0n) is 15.2. The number of carbonyl (C=O) groups is 1. The number of nitrogens with zero attached hydrogens (tertiary/aromatic N) is 2. The Morgan fingerprint density at radius 2 is 2.00 bits per heavy atom. The van der Waals surface area contributed by atoms with Gasteiger partial charge in [0.2, 0.25) is 5.91 Å². The number of aliphatic hydroxyl groups is 1. The molecule has 2 heterocycles. The van der Waals surface area contributed by atoms with Crippen LogP contribution in [0.15, 0.2) is 24.3 Å². The Balaban J connectivity index is 1.57. The minimum atomic E-state index is -1.06. The summed E-state index contributed by atoms with van der Waals surface area (Å²) in [5.74, 6) is 0.809. The maximum absolute atomic E-state index is 11.5. The molecule has 0 radical (unpaired) electrons. The minimum Gasteiger partial charge on any atom is -0.490 e. The van der Waals surface area contributed by atoms with Gasteiger partial charge in [0.15, 0.2) is 0 Å². The van der Waals surface area contributed by atoms with Crippen molar-refractivity contribution in [3.05, 3.63) is 29.3 Å². The first kappa shape index (κ1) is 19.4. The van der Waals surface area contributed by atoms with Crippen LogP contribution in [0.25, 0.3) is 0 Å². The summed E-state index contributed by atoms with van der Waals surface area (Å²) < 4.78 is 11.4. The van der Waals surface area contributed by atoms with E-state index in [9.17, 15) is 9.90 Å². The fourth-order valence-corrected chi connectivity index (χ4v) is 3.77. The van der Waals surface area contributed by atoms with Crippen LogP contribution in [-0.2, 0) is 9.53 Å². The summed E-state index contributed by atoms with van der Waals surface area (Å²) in [7, 11) is 0. The number of ether oxygens (including phenoxy) is 2. The fraction of sp³-hybridized carbons (Fsp3) is 0.632. The van der Waals surface area contributed by atoms with Crippen LogP contribution in [0.5, 0.6) is 5.75 Å². The van der Waals surface area contributed by atoms with Crippen LogP contribution in [0.1, 0.15) is 19.8 Å². The van der Waals surface area contributed by atoms with Gasteiger partial charge in [0.05, 0.1) is 13.2 Å². The third kappa shape index (κ3) is 5.10. The van der Waals surface area contributed by atoms with Crippen molar-refractivity contribution >= 4 is 17.5 Å². The number of hydrogen-bond acceptors (Lipinski definition) is 5. The van der Waals surface area contributed by atoms with E-state index < -0.39 is 5.60 Å². The predicted octanol–water partition coefficient (Wildman–Crippen LogP) is 1.79. The molecule has 26 heavy (non-hydrogen) atoms. The van der Waals surface area contributed by atoms with Crippen LogP contribution in [0, 0.1) is 0 Å². The maximum Gasteiger partial charge on any atom is 0.219 e. The van der Waals surface area contributed by atoms with Crippen molar-refractivity contribution in [2.75, 3.05) is 46.0 Å². The first-order chi connectivity index (χ1) is 12.5. The maximum atomic E-state index is 11.5. The third-order valence-corrected chi connectivity index (χ3v) is 5.39. The molecule has 3 rings (SSSR count). The second-order valence-electron chi connectivity index (χ2n) is 7.23. The Kier molecular flexibility index (Phi) is 6.40. The van der Waals surface area contributed by atoms with Gasteiger partial charge in [-0.1, -0.05) is 11.6 Å². The fourth-order valence-electron chi connectivity index (χ4n) is 3.64. The number of β-amino-alcohol motifs (C(OH)–C–C–N with tert-alkyl or cyclic N) is 1. The van der Waals surface area contributed by atoms with Crippen molar-refractivity contribution < 1.29 is 19.4 Å². The van der Waals surface area contributed by atoms with E-state index in [0.717, 1.165) is 32.5 Å². The van der Waals surface area contributed by atoms with Crippen molar-refractivity contribution in [1.29, 1.82) is 0 Å². The Labute approximate surface area is 159 Å². The second kappa shape index (κ2) is 8.57. The van der Waals surface area contributed by atoms with E-state index in [1.54, 1.807) is 31.2 Å². The van der Waals surface area contributed by atoms with E-state index in [4.69, 9.17) is 21.1 Å². The van der Waals surface area contributed by atoms with Gasteiger partial charge in [-0.05, 0) is 37.1 Å². The van der Waals surface area contributed by atoms with Gasteiger partial charge < -0.3 is 19.5 Å². The monoisotopic (exact) mass is 382 g/mol. The van der Waals surface area contributed by atoms with E-state index in [1.807, 2.05) is 4.90 Å². The second-order valence-corrected chi connectivity index (χ2v) is 7.66. The Bertz CT molecular complexity index is 604. The van der Waals surface area contributed by atoms with Gasteiger partial charge in [-0.25, -0.2) is 0 Å². The SMILES string of the molecule is CC(=O)N1CCC(N2CCOC[C@](O)(COc3ccc(Cl)cc3)C2)CC1. The van der Waals surface area contributed by atoms with E-state index in [2.05, 4.69) is 4.90 Å². The van der Waals surface area contributed by atoms with Gasteiger partial charge in [0.1, 0.15) is 18.0 Å². The van der Waals surface area contributed by atoms with E-state index in [-0.39, 0.29) is 19.1 Å². The van der Waals surface area contributed by atoms with E-state index >= 15 is 0 Å². The summed E-state index contributed by atoms with van der Waals surface area (Å²) in [5, 5.41) is 11.7. The van der Waals surface area contributed by atoms with Crippen LogP contribution >= 0.6 is 11.6 Å². The molecule has 0 saturated carbocycles. The lowest BCUT2D eigenvalue weighted by molar-refractivity contribution is -0.130. The average molecular weight is 383 g/mol. The van der Waals surface area contributed by atoms with Crippen LogP contribution < -0.4 is 4.74 Å². The van der Waals surface area contributed by atoms with Crippen molar-refractivity contribution in [3.63, 3.8) is 0 Å². The zero-order chi connectivity index (χ0) is 18.6. The Morgan fingerprint density at radius 1 is 1.31 bits per heavy atom. The number of likely N-dealkylation sites (tertiary alicyclic amines) is 1. The van der Waals surface area contributed by atoms with Crippen molar-refractivity contribution in [1.82, 2.24) is 9.80 Å². The molecule has 2 fully saturated rings. The molecule has 1 aromatic carbocycles. The van der Waals surface area contributed by atoms with Crippen LogP contribution in [0.2, 0.25) is 5.02 Å². The third-order valence-electron chi connectivity index (χ3n) is 5.14. The lowest BCUT2D eigenvalue weighted by atomic mass is 9.99. The van der Waals surface area contributed by atoms with Crippen LogP contribution in [-0.4, -0.2) is 78.5 Å². The molecule has 2 aliphatic rings. The normalized spacial score (nSPS) is 25.7.